The second-order valence-electron chi connectivity index (χ2n) is 6.05. The summed E-state index contributed by atoms with van der Waals surface area (Å²) in [6.45, 7) is 2.21. The van der Waals surface area contributed by atoms with Crippen LogP contribution in [0.25, 0.3) is 0 Å². The van der Waals surface area contributed by atoms with E-state index < -0.39 is 0 Å². The van der Waals surface area contributed by atoms with Crippen molar-refractivity contribution in [2.24, 2.45) is 4.99 Å². The smallest absolute Gasteiger partial charge is 0.160 e. The van der Waals surface area contributed by atoms with Crippen molar-refractivity contribution in [1.82, 2.24) is 9.88 Å². The third kappa shape index (κ3) is 2.56. The van der Waals surface area contributed by atoms with Gasteiger partial charge in [0.2, 0.25) is 0 Å². The van der Waals surface area contributed by atoms with Crippen molar-refractivity contribution in [2.45, 2.75) is 31.5 Å². The Morgan fingerprint density at radius 2 is 2.21 bits per heavy atom. The fourth-order valence-electron chi connectivity index (χ4n) is 3.42. The summed E-state index contributed by atoms with van der Waals surface area (Å²) in [6.07, 6.45) is 2.88. The molecule has 1 saturated heterocycles. The van der Waals surface area contributed by atoms with Crippen LogP contribution >= 0.6 is 23.4 Å². The molecule has 3 heterocycles. The van der Waals surface area contributed by atoms with E-state index >= 15 is 0 Å². The maximum atomic E-state index is 9.76. The zero-order chi connectivity index (χ0) is 16.7. The van der Waals surface area contributed by atoms with Gasteiger partial charge in [-0.3, -0.25) is 9.98 Å². The van der Waals surface area contributed by atoms with Gasteiger partial charge in [-0.2, -0.15) is 0 Å². The van der Waals surface area contributed by atoms with E-state index in [0.29, 0.717) is 11.1 Å². The fraction of sp³-hybridized carbons (Fsp3) is 0.333. The van der Waals surface area contributed by atoms with Crippen LogP contribution in [0.3, 0.4) is 0 Å². The van der Waals surface area contributed by atoms with Gasteiger partial charge in [-0.1, -0.05) is 42.4 Å². The number of hydrogen-bond acceptors (Lipinski definition) is 5. The quantitative estimate of drug-likeness (QED) is 0.881. The van der Waals surface area contributed by atoms with Crippen molar-refractivity contribution in [1.29, 1.82) is 0 Å². The maximum Gasteiger partial charge on any atom is 0.160 e. The molecule has 4 rings (SSSR count). The van der Waals surface area contributed by atoms with Crippen molar-refractivity contribution < 1.29 is 5.11 Å². The molecule has 2 aliphatic rings. The fourth-order valence-corrected chi connectivity index (χ4v) is 4.94. The summed E-state index contributed by atoms with van der Waals surface area (Å²) in [7, 11) is 0. The molecule has 0 amide bonds. The number of aromatic hydroxyl groups is 1. The number of rotatable bonds is 3. The van der Waals surface area contributed by atoms with Crippen LogP contribution in [0.15, 0.2) is 47.6 Å². The van der Waals surface area contributed by atoms with Crippen molar-refractivity contribution in [3.05, 3.63) is 58.9 Å². The lowest BCUT2D eigenvalue weighted by atomic mass is 9.95. The first-order valence-corrected chi connectivity index (χ1v) is 9.43. The molecule has 2 aliphatic heterocycles. The number of phenols is 1. The minimum absolute atomic E-state index is 0.0522. The van der Waals surface area contributed by atoms with Gasteiger partial charge in [-0.25, -0.2) is 0 Å². The molecule has 3 atom stereocenters. The summed E-state index contributed by atoms with van der Waals surface area (Å²) < 4.78 is 0. The first-order chi connectivity index (χ1) is 11.7. The Morgan fingerprint density at radius 1 is 1.33 bits per heavy atom. The van der Waals surface area contributed by atoms with Gasteiger partial charge in [-0.05, 0) is 36.2 Å². The first-order valence-electron chi connectivity index (χ1n) is 8.07. The number of amidine groups is 1. The monoisotopic (exact) mass is 359 g/mol. The van der Waals surface area contributed by atoms with Crippen molar-refractivity contribution >= 4 is 28.5 Å². The third-order valence-electron chi connectivity index (χ3n) is 4.64. The van der Waals surface area contributed by atoms with Crippen molar-refractivity contribution in [3.8, 4) is 5.75 Å². The van der Waals surface area contributed by atoms with E-state index in [1.165, 1.54) is 0 Å². The van der Waals surface area contributed by atoms with Gasteiger partial charge in [0.05, 0.1) is 16.8 Å². The average molecular weight is 360 g/mol. The highest BCUT2D eigenvalue weighted by Gasteiger charge is 2.45. The van der Waals surface area contributed by atoms with Crippen LogP contribution in [0.1, 0.15) is 36.7 Å². The second kappa shape index (κ2) is 6.30. The molecule has 0 saturated carbocycles. The van der Waals surface area contributed by atoms with Crippen LogP contribution in [0, 0.1) is 0 Å². The molecule has 0 radical (unpaired) electrons. The van der Waals surface area contributed by atoms with Crippen LogP contribution in [0.5, 0.6) is 5.75 Å². The number of pyridine rings is 1. The highest BCUT2D eigenvalue weighted by Crippen LogP contribution is 2.49. The number of aromatic nitrogens is 1. The minimum atomic E-state index is -0.0522. The van der Waals surface area contributed by atoms with Gasteiger partial charge >= 0.3 is 0 Å². The zero-order valence-corrected chi connectivity index (χ0v) is 14.8. The lowest BCUT2D eigenvalue weighted by molar-refractivity contribution is 0.255. The maximum absolute atomic E-state index is 9.76. The second-order valence-corrected chi connectivity index (χ2v) is 7.44. The van der Waals surface area contributed by atoms with Crippen LogP contribution < -0.4 is 0 Å². The number of nitrogens with zero attached hydrogens (tertiary/aromatic N) is 3. The molecule has 0 unspecified atom stereocenters. The molecule has 6 heteroatoms. The Labute approximate surface area is 150 Å². The standard InChI is InChI=1S/C18H18ClN3OS/c1-2-12-10-24-18-21-16(14-5-3-4-8-20-14)17(22(12)18)11-6-7-15(23)13(19)9-11/h3-9,12,16-17,23H,2,10H2,1H3/t12-,16-,17+/m1/s1. The van der Waals surface area contributed by atoms with E-state index in [1.54, 1.807) is 6.07 Å². The highest BCUT2D eigenvalue weighted by atomic mass is 35.5. The number of hydrogen-bond donors (Lipinski definition) is 1. The first kappa shape index (κ1) is 15.8. The average Bonchev–Trinajstić information content (AvgIpc) is 3.17. The molecule has 0 bridgehead atoms. The Morgan fingerprint density at radius 3 is 2.92 bits per heavy atom. The lowest BCUT2D eigenvalue weighted by Crippen LogP contribution is -2.35. The summed E-state index contributed by atoms with van der Waals surface area (Å²) in [5, 5.41) is 11.2. The van der Waals surface area contributed by atoms with E-state index in [9.17, 15) is 5.11 Å². The van der Waals surface area contributed by atoms with Crippen LogP contribution in [0.2, 0.25) is 5.02 Å². The Kier molecular flexibility index (Phi) is 4.14. The SMILES string of the molecule is CC[C@@H]1CSC2=N[C@H](c3ccccn3)[C@H](c3ccc(O)c(Cl)c3)N21. The van der Waals surface area contributed by atoms with E-state index in [4.69, 9.17) is 16.6 Å². The summed E-state index contributed by atoms with van der Waals surface area (Å²) in [4.78, 5) is 11.9. The van der Waals surface area contributed by atoms with Gasteiger partial charge < -0.3 is 10.0 Å². The lowest BCUT2D eigenvalue weighted by Gasteiger charge is -2.32. The molecule has 24 heavy (non-hydrogen) atoms. The third-order valence-corrected chi connectivity index (χ3v) is 6.07. The molecule has 1 aromatic carbocycles. The van der Waals surface area contributed by atoms with Gasteiger partial charge in [0.1, 0.15) is 11.8 Å². The summed E-state index contributed by atoms with van der Waals surface area (Å²) in [5.41, 5.74) is 2.03. The van der Waals surface area contributed by atoms with Gasteiger partial charge in [0, 0.05) is 18.0 Å². The molecule has 1 N–H and O–H groups in total. The summed E-state index contributed by atoms with van der Waals surface area (Å²) in [5.74, 6) is 1.17. The van der Waals surface area contributed by atoms with Gasteiger partial charge in [-0.15, -0.1) is 0 Å². The highest BCUT2D eigenvalue weighted by molar-refractivity contribution is 8.14. The number of fused-ring (bicyclic) bond motifs is 1. The van der Waals surface area contributed by atoms with Crippen LogP contribution in [-0.2, 0) is 0 Å². The van der Waals surface area contributed by atoms with Crippen LogP contribution in [0.4, 0.5) is 0 Å². The largest absolute Gasteiger partial charge is 0.506 e. The number of halogens is 1. The van der Waals surface area contributed by atoms with Gasteiger partial charge in [0.15, 0.2) is 5.17 Å². The topological polar surface area (TPSA) is 48.7 Å². The minimum Gasteiger partial charge on any atom is -0.506 e. The Hall–Kier alpha value is -1.72. The normalized spacial score (nSPS) is 25.7. The predicted octanol–water partition coefficient (Wildman–Crippen LogP) is 4.42. The van der Waals surface area contributed by atoms with E-state index in [0.717, 1.165) is 28.6 Å². The van der Waals surface area contributed by atoms with Crippen molar-refractivity contribution in [2.75, 3.05) is 5.75 Å². The number of aliphatic imine (C=N–C) groups is 1. The number of thioether (sulfide) groups is 1. The molecule has 0 spiro atoms. The molecule has 0 aliphatic carbocycles. The molecular formula is C18H18ClN3OS. The van der Waals surface area contributed by atoms with E-state index in [2.05, 4.69) is 16.8 Å². The van der Waals surface area contributed by atoms with E-state index in [1.807, 2.05) is 48.3 Å². The molecule has 124 valence electrons. The Bertz CT molecular complexity index is 783. The molecule has 1 fully saturated rings. The summed E-state index contributed by atoms with van der Waals surface area (Å²) >= 11 is 7.99. The predicted molar refractivity (Wildman–Crippen MR) is 98.6 cm³/mol. The van der Waals surface area contributed by atoms with Gasteiger partial charge in [0.25, 0.3) is 0 Å². The zero-order valence-electron chi connectivity index (χ0n) is 13.3. The molecular weight excluding hydrogens is 342 g/mol. The number of phenolic OH excluding ortho intramolecular Hbond substituents is 1. The van der Waals surface area contributed by atoms with Crippen molar-refractivity contribution in [3.63, 3.8) is 0 Å². The van der Waals surface area contributed by atoms with Crippen LogP contribution in [-0.4, -0.2) is 32.0 Å². The Balaban J connectivity index is 1.80. The summed E-state index contributed by atoms with van der Waals surface area (Å²) in [6, 6.07) is 11.9. The molecule has 1 aromatic heterocycles. The molecule has 2 aromatic rings. The molecule has 4 nitrogen and oxygen atoms in total. The van der Waals surface area contributed by atoms with E-state index in [-0.39, 0.29) is 17.8 Å². The number of benzene rings is 1.